The predicted molar refractivity (Wildman–Crippen MR) is 89.9 cm³/mol. The van der Waals surface area contributed by atoms with Gasteiger partial charge in [-0.2, -0.15) is 4.98 Å². The van der Waals surface area contributed by atoms with Gasteiger partial charge in [-0.15, -0.1) is 0 Å². The van der Waals surface area contributed by atoms with Crippen LogP contribution >= 0.6 is 0 Å². The molecule has 2 N–H and O–H groups in total. The molecule has 0 aromatic carbocycles. The van der Waals surface area contributed by atoms with Crippen molar-refractivity contribution in [3.05, 3.63) is 30.6 Å². The van der Waals surface area contributed by atoms with E-state index in [1.807, 2.05) is 24.4 Å². The van der Waals surface area contributed by atoms with E-state index in [1.54, 1.807) is 6.20 Å². The average molecular weight is 297 g/mol. The van der Waals surface area contributed by atoms with Crippen molar-refractivity contribution in [1.82, 2.24) is 15.0 Å². The van der Waals surface area contributed by atoms with Crippen LogP contribution in [0.4, 0.5) is 11.8 Å². The second kappa shape index (κ2) is 7.20. The molecule has 116 valence electrons. The lowest BCUT2D eigenvalue weighted by atomic mass is 9.96. The monoisotopic (exact) mass is 297 g/mol. The Morgan fingerprint density at radius 2 is 2.05 bits per heavy atom. The lowest BCUT2D eigenvalue weighted by Gasteiger charge is -2.23. The molecule has 1 saturated carbocycles. The van der Waals surface area contributed by atoms with Gasteiger partial charge < -0.3 is 10.6 Å². The highest BCUT2D eigenvalue weighted by molar-refractivity contribution is 5.63. The van der Waals surface area contributed by atoms with Crippen molar-refractivity contribution in [3.8, 4) is 11.3 Å². The van der Waals surface area contributed by atoms with Crippen LogP contribution < -0.4 is 10.6 Å². The Morgan fingerprint density at radius 3 is 2.77 bits per heavy atom. The van der Waals surface area contributed by atoms with E-state index >= 15 is 0 Å². The Bertz CT molecular complexity index is 593. The summed E-state index contributed by atoms with van der Waals surface area (Å²) in [6.45, 7) is 2.91. The quantitative estimate of drug-likeness (QED) is 0.880. The Hall–Kier alpha value is -2.17. The standard InChI is InChI=1S/C17H23N5/c1-2-19-16-11-15(13-7-6-10-18-12-13)21-17(22-16)20-14-8-4-3-5-9-14/h6-7,10-12,14H,2-5,8-9H2,1H3,(H2,19,20,21,22). The summed E-state index contributed by atoms with van der Waals surface area (Å²) in [5, 5.41) is 6.79. The van der Waals surface area contributed by atoms with Crippen LogP contribution in [0.5, 0.6) is 0 Å². The van der Waals surface area contributed by atoms with E-state index in [4.69, 9.17) is 0 Å². The highest BCUT2D eigenvalue weighted by Gasteiger charge is 2.15. The summed E-state index contributed by atoms with van der Waals surface area (Å²) in [6.07, 6.45) is 9.95. The van der Waals surface area contributed by atoms with Crippen LogP contribution in [-0.4, -0.2) is 27.5 Å². The van der Waals surface area contributed by atoms with Crippen molar-refractivity contribution in [2.75, 3.05) is 17.2 Å². The molecular weight excluding hydrogens is 274 g/mol. The molecule has 2 heterocycles. The SMILES string of the molecule is CCNc1cc(-c2cccnc2)nc(NC2CCCCC2)n1. The number of aromatic nitrogens is 3. The average Bonchev–Trinajstić information content (AvgIpc) is 2.57. The molecule has 0 atom stereocenters. The molecule has 0 aliphatic heterocycles. The van der Waals surface area contributed by atoms with Crippen molar-refractivity contribution in [2.24, 2.45) is 0 Å². The fourth-order valence-corrected chi connectivity index (χ4v) is 2.88. The topological polar surface area (TPSA) is 62.7 Å². The van der Waals surface area contributed by atoms with Gasteiger partial charge >= 0.3 is 0 Å². The van der Waals surface area contributed by atoms with Gasteiger partial charge in [0.1, 0.15) is 5.82 Å². The summed E-state index contributed by atoms with van der Waals surface area (Å²) in [5.74, 6) is 1.57. The Balaban J connectivity index is 1.86. The minimum atomic E-state index is 0.493. The highest BCUT2D eigenvalue weighted by Crippen LogP contribution is 2.24. The zero-order valence-corrected chi connectivity index (χ0v) is 13.0. The Morgan fingerprint density at radius 1 is 1.18 bits per heavy atom. The molecule has 0 radical (unpaired) electrons. The molecule has 22 heavy (non-hydrogen) atoms. The fourth-order valence-electron chi connectivity index (χ4n) is 2.88. The molecule has 0 saturated heterocycles. The molecule has 0 unspecified atom stereocenters. The van der Waals surface area contributed by atoms with Gasteiger partial charge in [0.2, 0.25) is 5.95 Å². The van der Waals surface area contributed by atoms with Gasteiger partial charge in [-0.3, -0.25) is 4.98 Å². The highest BCUT2D eigenvalue weighted by atomic mass is 15.2. The van der Waals surface area contributed by atoms with Crippen molar-refractivity contribution in [2.45, 2.75) is 45.1 Å². The first-order chi connectivity index (χ1) is 10.8. The van der Waals surface area contributed by atoms with Crippen LogP contribution in [0.25, 0.3) is 11.3 Å². The van der Waals surface area contributed by atoms with Crippen molar-refractivity contribution < 1.29 is 0 Å². The van der Waals surface area contributed by atoms with E-state index in [0.29, 0.717) is 12.0 Å². The smallest absolute Gasteiger partial charge is 0.225 e. The fraction of sp³-hybridized carbons (Fsp3) is 0.471. The van der Waals surface area contributed by atoms with E-state index < -0.39 is 0 Å². The van der Waals surface area contributed by atoms with E-state index in [2.05, 4.69) is 32.5 Å². The Labute approximate surface area is 131 Å². The third-order valence-electron chi connectivity index (χ3n) is 3.98. The molecule has 1 fully saturated rings. The first-order valence-electron chi connectivity index (χ1n) is 8.15. The zero-order chi connectivity index (χ0) is 15.2. The van der Waals surface area contributed by atoms with Gasteiger partial charge in [0.25, 0.3) is 0 Å². The van der Waals surface area contributed by atoms with E-state index in [9.17, 15) is 0 Å². The maximum atomic E-state index is 4.68. The van der Waals surface area contributed by atoms with Crippen molar-refractivity contribution >= 4 is 11.8 Å². The lowest BCUT2D eigenvalue weighted by molar-refractivity contribution is 0.461. The summed E-state index contributed by atoms with van der Waals surface area (Å²) >= 11 is 0. The maximum absolute atomic E-state index is 4.68. The molecule has 2 aromatic heterocycles. The van der Waals surface area contributed by atoms with E-state index in [-0.39, 0.29) is 0 Å². The number of hydrogen-bond donors (Lipinski definition) is 2. The summed E-state index contributed by atoms with van der Waals surface area (Å²) in [4.78, 5) is 13.4. The Kier molecular flexibility index (Phi) is 4.83. The van der Waals surface area contributed by atoms with Gasteiger partial charge in [-0.05, 0) is 31.9 Å². The van der Waals surface area contributed by atoms with Crippen LogP contribution in [0, 0.1) is 0 Å². The van der Waals surface area contributed by atoms with E-state index in [0.717, 1.165) is 23.6 Å². The molecule has 0 amide bonds. The number of hydrogen-bond acceptors (Lipinski definition) is 5. The molecule has 1 aliphatic carbocycles. The van der Waals surface area contributed by atoms with Gasteiger partial charge in [0.15, 0.2) is 0 Å². The summed E-state index contributed by atoms with van der Waals surface area (Å²) < 4.78 is 0. The maximum Gasteiger partial charge on any atom is 0.225 e. The van der Waals surface area contributed by atoms with Crippen molar-refractivity contribution in [3.63, 3.8) is 0 Å². The van der Waals surface area contributed by atoms with E-state index in [1.165, 1.54) is 32.1 Å². The molecule has 5 heteroatoms. The normalized spacial score (nSPS) is 15.5. The second-order valence-corrected chi connectivity index (χ2v) is 5.71. The molecule has 2 aromatic rings. The minimum absolute atomic E-state index is 0.493. The lowest BCUT2D eigenvalue weighted by Crippen LogP contribution is -2.23. The minimum Gasteiger partial charge on any atom is -0.370 e. The van der Waals surface area contributed by atoms with Crippen LogP contribution in [0.2, 0.25) is 0 Å². The third kappa shape index (κ3) is 3.72. The number of nitrogens with one attached hydrogen (secondary N) is 2. The first kappa shape index (κ1) is 14.8. The number of nitrogens with zero attached hydrogens (tertiary/aromatic N) is 3. The van der Waals surface area contributed by atoms with Crippen LogP contribution in [0.1, 0.15) is 39.0 Å². The number of rotatable bonds is 5. The van der Waals surface area contributed by atoms with Crippen LogP contribution in [0.3, 0.4) is 0 Å². The summed E-state index contributed by atoms with van der Waals surface area (Å²) in [6, 6.07) is 6.42. The molecule has 3 rings (SSSR count). The summed E-state index contributed by atoms with van der Waals surface area (Å²) in [7, 11) is 0. The zero-order valence-electron chi connectivity index (χ0n) is 13.0. The first-order valence-corrected chi connectivity index (χ1v) is 8.15. The van der Waals surface area contributed by atoms with Gasteiger partial charge in [-0.1, -0.05) is 19.3 Å². The predicted octanol–water partition coefficient (Wildman–Crippen LogP) is 3.72. The van der Waals surface area contributed by atoms with Crippen molar-refractivity contribution in [1.29, 1.82) is 0 Å². The molecule has 0 bridgehead atoms. The van der Waals surface area contributed by atoms with Gasteiger partial charge in [0.05, 0.1) is 5.69 Å². The second-order valence-electron chi connectivity index (χ2n) is 5.71. The largest absolute Gasteiger partial charge is 0.370 e. The summed E-state index contributed by atoms with van der Waals surface area (Å²) in [5.41, 5.74) is 1.91. The number of pyridine rings is 1. The third-order valence-corrected chi connectivity index (χ3v) is 3.98. The number of anilines is 2. The molecule has 0 spiro atoms. The van der Waals surface area contributed by atoms with Crippen LogP contribution in [-0.2, 0) is 0 Å². The van der Waals surface area contributed by atoms with Gasteiger partial charge in [0, 0.05) is 36.6 Å². The molecule has 5 nitrogen and oxygen atoms in total. The van der Waals surface area contributed by atoms with Crippen LogP contribution in [0.15, 0.2) is 30.6 Å². The molecule has 1 aliphatic rings. The molecular formula is C17H23N5. The van der Waals surface area contributed by atoms with Gasteiger partial charge in [-0.25, -0.2) is 4.98 Å².